The predicted octanol–water partition coefficient (Wildman–Crippen LogP) is 1.12. The average Bonchev–Trinajstić information content (AvgIpc) is 2.84. The molecule has 1 aromatic rings. The van der Waals surface area contributed by atoms with Gasteiger partial charge in [0.25, 0.3) is 0 Å². The molecule has 9 heteroatoms. The summed E-state index contributed by atoms with van der Waals surface area (Å²) in [5.41, 5.74) is 0.681. The van der Waals surface area contributed by atoms with Crippen molar-refractivity contribution in [2.45, 2.75) is 65.2 Å². The van der Waals surface area contributed by atoms with Crippen molar-refractivity contribution in [1.29, 1.82) is 0 Å². The Morgan fingerprint density at radius 1 is 1.21 bits per heavy atom. The van der Waals surface area contributed by atoms with E-state index in [9.17, 15) is 14.4 Å². The number of nitrogens with zero attached hydrogens (tertiary/aromatic N) is 3. The number of hydrogen-bond donors (Lipinski definition) is 3. The quantitative estimate of drug-likeness (QED) is 0.671. The van der Waals surface area contributed by atoms with Gasteiger partial charge in [0.2, 0.25) is 5.91 Å². The van der Waals surface area contributed by atoms with Crippen LogP contribution in [0.5, 0.6) is 0 Å². The second-order valence-corrected chi connectivity index (χ2v) is 7.97. The van der Waals surface area contributed by atoms with Crippen molar-refractivity contribution in [3.8, 4) is 0 Å². The van der Waals surface area contributed by atoms with Gasteiger partial charge in [0.1, 0.15) is 5.82 Å². The smallest absolute Gasteiger partial charge is 0.315 e. The van der Waals surface area contributed by atoms with Crippen LogP contribution in [0.1, 0.15) is 57.9 Å². The standard InChI is InChI=1S/C19H30N6O3/c1-12(2)14-11-16(26)22-19(20-14)25-15(10-13(3)23-25)21-17(27)18(28)24-8-6-4-5-7-9-24/h10,12,14,19-20H,4-9,11H2,1-3H3,(H,21,27)(H,22,26). The van der Waals surface area contributed by atoms with Gasteiger partial charge in [-0.05, 0) is 25.7 Å². The lowest BCUT2D eigenvalue weighted by molar-refractivity contribution is -0.143. The highest BCUT2D eigenvalue weighted by atomic mass is 16.2. The Morgan fingerprint density at radius 2 is 1.89 bits per heavy atom. The van der Waals surface area contributed by atoms with Gasteiger partial charge in [0.05, 0.1) is 5.69 Å². The molecular weight excluding hydrogens is 360 g/mol. The minimum atomic E-state index is -0.675. The lowest BCUT2D eigenvalue weighted by Gasteiger charge is -2.34. The highest BCUT2D eigenvalue weighted by Gasteiger charge is 2.31. The molecule has 0 bridgehead atoms. The van der Waals surface area contributed by atoms with E-state index in [1.807, 2.05) is 13.8 Å². The largest absolute Gasteiger partial charge is 0.334 e. The number of likely N-dealkylation sites (tertiary alicyclic amines) is 1. The van der Waals surface area contributed by atoms with Crippen LogP contribution in [0.3, 0.4) is 0 Å². The van der Waals surface area contributed by atoms with Gasteiger partial charge in [0.15, 0.2) is 6.29 Å². The van der Waals surface area contributed by atoms with E-state index in [-0.39, 0.29) is 17.9 Å². The molecule has 3 amide bonds. The summed E-state index contributed by atoms with van der Waals surface area (Å²) in [6.45, 7) is 7.11. The molecule has 2 atom stereocenters. The number of aromatic nitrogens is 2. The third-order valence-corrected chi connectivity index (χ3v) is 5.31. The SMILES string of the molecule is Cc1cc(NC(=O)C(=O)N2CCCCCC2)n(C2NC(=O)CC(C(C)C)N2)n1. The molecule has 1 aromatic heterocycles. The van der Waals surface area contributed by atoms with Crippen molar-refractivity contribution in [2.75, 3.05) is 18.4 Å². The molecule has 0 aliphatic carbocycles. The number of nitrogens with one attached hydrogen (secondary N) is 3. The van der Waals surface area contributed by atoms with Crippen molar-refractivity contribution in [2.24, 2.45) is 5.92 Å². The van der Waals surface area contributed by atoms with E-state index in [1.54, 1.807) is 17.9 Å². The lowest BCUT2D eigenvalue weighted by Crippen LogP contribution is -2.55. The highest BCUT2D eigenvalue weighted by Crippen LogP contribution is 2.20. The van der Waals surface area contributed by atoms with E-state index >= 15 is 0 Å². The first-order chi connectivity index (χ1) is 13.3. The molecule has 3 heterocycles. The molecule has 2 aliphatic rings. The third-order valence-electron chi connectivity index (χ3n) is 5.31. The van der Waals surface area contributed by atoms with E-state index in [4.69, 9.17) is 0 Å². The summed E-state index contributed by atoms with van der Waals surface area (Å²) in [4.78, 5) is 38.8. The van der Waals surface area contributed by atoms with E-state index in [0.29, 0.717) is 31.0 Å². The zero-order valence-electron chi connectivity index (χ0n) is 16.8. The van der Waals surface area contributed by atoms with E-state index < -0.39 is 18.1 Å². The Morgan fingerprint density at radius 3 is 2.54 bits per heavy atom. The fraction of sp³-hybridized carbons (Fsp3) is 0.684. The van der Waals surface area contributed by atoms with Crippen LogP contribution in [0.15, 0.2) is 6.07 Å². The Labute approximate surface area is 165 Å². The number of aryl methyl sites for hydroxylation is 1. The lowest BCUT2D eigenvalue weighted by atomic mass is 9.99. The van der Waals surface area contributed by atoms with Crippen LogP contribution in [0.2, 0.25) is 0 Å². The average molecular weight is 390 g/mol. The molecule has 0 saturated carbocycles. The van der Waals surface area contributed by atoms with Crippen LogP contribution >= 0.6 is 0 Å². The highest BCUT2D eigenvalue weighted by molar-refractivity contribution is 6.39. The number of hydrogen-bond acceptors (Lipinski definition) is 5. The number of rotatable bonds is 3. The van der Waals surface area contributed by atoms with Gasteiger partial charge in [-0.3, -0.25) is 19.7 Å². The second-order valence-electron chi connectivity index (χ2n) is 7.97. The summed E-state index contributed by atoms with van der Waals surface area (Å²) in [6.07, 6.45) is 3.83. The topological polar surface area (TPSA) is 108 Å². The molecule has 154 valence electrons. The summed E-state index contributed by atoms with van der Waals surface area (Å²) in [5.74, 6) is -0.618. The number of anilines is 1. The maximum absolute atomic E-state index is 12.6. The summed E-state index contributed by atoms with van der Waals surface area (Å²) in [5, 5.41) is 13.3. The molecule has 2 aliphatic heterocycles. The molecule has 3 rings (SSSR count). The van der Waals surface area contributed by atoms with Crippen molar-refractivity contribution in [3.05, 3.63) is 11.8 Å². The van der Waals surface area contributed by atoms with Crippen molar-refractivity contribution in [3.63, 3.8) is 0 Å². The minimum absolute atomic E-state index is 0.00513. The van der Waals surface area contributed by atoms with Gasteiger partial charge in [-0.15, -0.1) is 0 Å². The third kappa shape index (κ3) is 4.70. The van der Waals surface area contributed by atoms with E-state index in [1.165, 1.54) is 4.68 Å². The molecular formula is C19H30N6O3. The van der Waals surface area contributed by atoms with Crippen LogP contribution in [-0.4, -0.2) is 51.5 Å². The molecule has 28 heavy (non-hydrogen) atoms. The van der Waals surface area contributed by atoms with Crippen LogP contribution < -0.4 is 16.0 Å². The van der Waals surface area contributed by atoms with Gasteiger partial charge < -0.3 is 15.5 Å². The summed E-state index contributed by atoms with van der Waals surface area (Å²) in [7, 11) is 0. The summed E-state index contributed by atoms with van der Waals surface area (Å²) >= 11 is 0. The molecule has 2 unspecified atom stereocenters. The zero-order chi connectivity index (χ0) is 20.3. The van der Waals surface area contributed by atoms with Crippen LogP contribution in [0.4, 0.5) is 5.82 Å². The maximum atomic E-state index is 12.6. The first-order valence-electron chi connectivity index (χ1n) is 10.1. The predicted molar refractivity (Wildman–Crippen MR) is 104 cm³/mol. The molecule has 0 radical (unpaired) electrons. The van der Waals surface area contributed by atoms with E-state index in [0.717, 1.165) is 25.7 Å². The summed E-state index contributed by atoms with van der Waals surface area (Å²) < 4.78 is 1.52. The Bertz CT molecular complexity index is 736. The van der Waals surface area contributed by atoms with Crippen LogP contribution in [0, 0.1) is 12.8 Å². The Balaban J connectivity index is 1.73. The fourth-order valence-electron chi connectivity index (χ4n) is 3.67. The zero-order valence-corrected chi connectivity index (χ0v) is 16.8. The van der Waals surface area contributed by atoms with E-state index in [2.05, 4.69) is 21.0 Å². The fourth-order valence-corrected chi connectivity index (χ4v) is 3.67. The van der Waals surface area contributed by atoms with Gasteiger partial charge in [-0.25, -0.2) is 4.68 Å². The van der Waals surface area contributed by atoms with Gasteiger partial charge in [-0.1, -0.05) is 26.7 Å². The number of carbonyl (C=O) groups is 3. The molecule has 0 aromatic carbocycles. The van der Waals surface area contributed by atoms with Gasteiger partial charge in [0, 0.05) is 31.6 Å². The molecule has 3 N–H and O–H groups in total. The molecule has 9 nitrogen and oxygen atoms in total. The Kier molecular flexibility index (Phi) is 6.33. The molecule has 2 saturated heterocycles. The first-order valence-corrected chi connectivity index (χ1v) is 10.1. The van der Waals surface area contributed by atoms with Crippen LogP contribution in [0.25, 0.3) is 0 Å². The van der Waals surface area contributed by atoms with Crippen LogP contribution in [-0.2, 0) is 14.4 Å². The second kappa shape index (κ2) is 8.72. The Hall–Kier alpha value is -2.42. The van der Waals surface area contributed by atoms with Gasteiger partial charge in [-0.2, -0.15) is 5.10 Å². The monoisotopic (exact) mass is 390 g/mol. The van der Waals surface area contributed by atoms with Gasteiger partial charge >= 0.3 is 11.8 Å². The normalized spacial score (nSPS) is 23.3. The number of carbonyl (C=O) groups excluding carboxylic acids is 3. The number of amides is 3. The van der Waals surface area contributed by atoms with Crippen molar-refractivity contribution >= 4 is 23.5 Å². The maximum Gasteiger partial charge on any atom is 0.315 e. The minimum Gasteiger partial charge on any atom is -0.334 e. The molecule has 2 fully saturated rings. The summed E-state index contributed by atoms with van der Waals surface area (Å²) in [6, 6.07) is 1.70. The molecule has 0 spiro atoms. The first kappa shape index (κ1) is 20.3. The van der Waals surface area contributed by atoms with Crippen molar-refractivity contribution in [1.82, 2.24) is 25.3 Å². The van der Waals surface area contributed by atoms with Crippen molar-refractivity contribution < 1.29 is 14.4 Å².